The van der Waals surface area contributed by atoms with Gasteiger partial charge in [0, 0.05) is 12.6 Å². The monoisotopic (exact) mass is 268 g/mol. The summed E-state index contributed by atoms with van der Waals surface area (Å²) in [5.41, 5.74) is 0. The molecule has 108 valence electrons. The van der Waals surface area contributed by atoms with Crippen molar-refractivity contribution < 1.29 is 14.3 Å². The minimum atomic E-state index is -0.00340. The molecule has 2 aliphatic heterocycles. The van der Waals surface area contributed by atoms with Crippen LogP contribution in [0.15, 0.2) is 12.0 Å². The van der Waals surface area contributed by atoms with Crippen LogP contribution in [-0.2, 0) is 9.47 Å². The predicted molar refractivity (Wildman–Crippen MR) is 72.6 cm³/mol. The van der Waals surface area contributed by atoms with Crippen LogP contribution >= 0.6 is 0 Å². The van der Waals surface area contributed by atoms with Crippen molar-refractivity contribution in [2.75, 3.05) is 26.3 Å². The van der Waals surface area contributed by atoms with E-state index in [1.807, 2.05) is 4.90 Å². The van der Waals surface area contributed by atoms with Gasteiger partial charge in [0.2, 0.25) is 0 Å². The van der Waals surface area contributed by atoms with Crippen LogP contribution in [0, 0.1) is 5.92 Å². The highest BCUT2D eigenvalue weighted by Gasteiger charge is 2.25. The summed E-state index contributed by atoms with van der Waals surface area (Å²) < 4.78 is 10.6. The van der Waals surface area contributed by atoms with Gasteiger partial charge in [0.1, 0.15) is 25.2 Å². The Kier molecular flexibility index (Phi) is 4.93. The lowest BCUT2D eigenvalue weighted by atomic mass is 10.1. The maximum atomic E-state index is 12.2. The molecule has 19 heavy (non-hydrogen) atoms. The minimum Gasteiger partial charge on any atom is -0.494 e. The molecule has 0 aromatic carbocycles. The Morgan fingerprint density at radius 1 is 1.42 bits per heavy atom. The summed E-state index contributed by atoms with van der Waals surface area (Å²) in [5.74, 6) is 1.26. The molecule has 5 heteroatoms. The molecular formula is C14H24N2O3. The van der Waals surface area contributed by atoms with Gasteiger partial charge in [-0.25, -0.2) is 4.79 Å². The Bertz CT molecular complexity index is 344. The molecule has 0 bridgehead atoms. The van der Waals surface area contributed by atoms with Crippen molar-refractivity contribution in [2.45, 2.75) is 39.2 Å². The molecule has 0 saturated carbocycles. The summed E-state index contributed by atoms with van der Waals surface area (Å²) in [6, 6.07) is 0.304. The molecule has 2 heterocycles. The molecule has 1 fully saturated rings. The van der Waals surface area contributed by atoms with Gasteiger partial charge in [0.05, 0.1) is 6.54 Å². The largest absolute Gasteiger partial charge is 0.494 e. The molecule has 0 aromatic heterocycles. The molecule has 2 atom stereocenters. The van der Waals surface area contributed by atoms with Crippen molar-refractivity contribution in [3.63, 3.8) is 0 Å². The second kappa shape index (κ2) is 6.68. The third-order valence-corrected chi connectivity index (χ3v) is 3.74. The Morgan fingerprint density at radius 3 is 3.00 bits per heavy atom. The maximum Gasteiger partial charge on any atom is 0.318 e. The van der Waals surface area contributed by atoms with E-state index >= 15 is 0 Å². The number of amides is 2. The molecule has 5 nitrogen and oxygen atoms in total. The summed E-state index contributed by atoms with van der Waals surface area (Å²) in [4.78, 5) is 14.2. The lowest BCUT2D eigenvalue weighted by Gasteiger charge is -2.29. The van der Waals surface area contributed by atoms with E-state index in [-0.39, 0.29) is 6.03 Å². The first-order valence-corrected chi connectivity index (χ1v) is 7.14. The van der Waals surface area contributed by atoms with E-state index in [9.17, 15) is 4.79 Å². The lowest BCUT2D eigenvalue weighted by Crippen LogP contribution is -2.46. The summed E-state index contributed by atoms with van der Waals surface area (Å²) >= 11 is 0. The predicted octanol–water partition coefficient (Wildman–Crippen LogP) is 2.09. The zero-order valence-corrected chi connectivity index (χ0v) is 11.9. The fourth-order valence-electron chi connectivity index (χ4n) is 2.57. The lowest BCUT2D eigenvalue weighted by molar-refractivity contribution is 0.0808. The average molecular weight is 268 g/mol. The molecule has 2 rings (SSSR count). The van der Waals surface area contributed by atoms with Crippen LogP contribution in [0.1, 0.15) is 33.1 Å². The smallest absolute Gasteiger partial charge is 0.318 e. The number of rotatable bonds is 2. The molecule has 0 aromatic rings. The van der Waals surface area contributed by atoms with E-state index in [0.29, 0.717) is 37.5 Å². The van der Waals surface area contributed by atoms with Crippen LogP contribution in [0.5, 0.6) is 0 Å². The molecule has 1 saturated heterocycles. The quantitative estimate of drug-likeness (QED) is 0.834. The fourth-order valence-corrected chi connectivity index (χ4v) is 2.57. The zero-order chi connectivity index (χ0) is 13.7. The molecular weight excluding hydrogens is 244 g/mol. The summed E-state index contributed by atoms with van der Waals surface area (Å²) in [6.07, 6.45) is 5.07. The van der Waals surface area contributed by atoms with Gasteiger partial charge in [0.15, 0.2) is 0 Å². The first kappa shape index (κ1) is 14.0. The summed E-state index contributed by atoms with van der Waals surface area (Å²) in [5, 5.41) is 2.91. The van der Waals surface area contributed by atoms with Gasteiger partial charge in [0.25, 0.3) is 0 Å². The van der Waals surface area contributed by atoms with Crippen LogP contribution in [0.4, 0.5) is 4.79 Å². The summed E-state index contributed by atoms with van der Waals surface area (Å²) in [7, 11) is 0. The van der Waals surface area contributed by atoms with Crippen LogP contribution in [-0.4, -0.2) is 43.3 Å². The van der Waals surface area contributed by atoms with Crippen LogP contribution in [0.3, 0.4) is 0 Å². The van der Waals surface area contributed by atoms with Gasteiger partial charge in [-0.1, -0.05) is 13.3 Å². The normalized spacial score (nSPS) is 27.7. The number of likely N-dealkylation sites (tertiary alicyclic amines) is 1. The highest BCUT2D eigenvalue weighted by atomic mass is 16.6. The van der Waals surface area contributed by atoms with Gasteiger partial charge in [-0.2, -0.15) is 0 Å². The van der Waals surface area contributed by atoms with Crippen molar-refractivity contribution in [3.05, 3.63) is 12.0 Å². The number of urea groups is 1. The standard InChI is InChI=1S/C14H24N2O3/c1-11-4-3-5-12(2)16(9-11)14(17)15-8-13-10-18-6-7-19-13/h10-12H,3-9H2,1-2H3,(H,15,17). The number of nitrogens with one attached hydrogen (secondary N) is 1. The molecule has 0 aliphatic carbocycles. The van der Waals surface area contributed by atoms with E-state index in [4.69, 9.17) is 9.47 Å². The van der Waals surface area contributed by atoms with Gasteiger partial charge in [-0.15, -0.1) is 0 Å². The van der Waals surface area contributed by atoms with E-state index in [0.717, 1.165) is 13.0 Å². The first-order chi connectivity index (χ1) is 9.16. The van der Waals surface area contributed by atoms with E-state index in [1.165, 1.54) is 12.8 Å². The average Bonchev–Trinajstić information content (AvgIpc) is 2.59. The van der Waals surface area contributed by atoms with Crippen molar-refractivity contribution in [1.82, 2.24) is 10.2 Å². The molecule has 2 aliphatic rings. The number of nitrogens with zero attached hydrogens (tertiary/aromatic N) is 1. The fraction of sp³-hybridized carbons (Fsp3) is 0.786. The molecule has 1 N–H and O–H groups in total. The van der Waals surface area contributed by atoms with Crippen LogP contribution in [0.25, 0.3) is 0 Å². The number of hydrogen-bond acceptors (Lipinski definition) is 3. The van der Waals surface area contributed by atoms with Crippen molar-refractivity contribution >= 4 is 6.03 Å². The van der Waals surface area contributed by atoms with Crippen molar-refractivity contribution in [2.24, 2.45) is 5.92 Å². The minimum absolute atomic E-state index is 0.00340. The van der Waals surface area contributed by atoms with Crippen LogP contribution < -0.4 is 5.32 Å². The second-order valence-electron chi connectivity index (χ2n) is 5.50. The van der Waals surface area contributed by atoms with Gasteiger partial charge in [-0.05, 0) is 25.7 Å². The Hall–Kier alpha value is -1.39. The third-order valence-electron chi connectivity index (χ3n) is 3.74. The topological polar surface area (TPSA) is 50.8 Å². The summed E-state index contributed by atoms with van der Waals surface area (Å²) in [6.45, 7) is 6.70. The molecule has 2 amide bonds. The molecule has 0 radical (unpaired) electrons. The van der Waals surface area contributed by atoms with E-state index in [1.54, 1.807) is 6.26 Å². The molecule has 2 unspecified atom stereocenters. The maximum absolute atomic E-state index is 12.2. The number of carbonyl (C=O) groups excluding carboxylic acids is 1. The van der Waals surface area contributed by atoms with Crippen LogP contribution in [0.2, 0.25) is 0 Å². The molecule has 0 spiro atoms. The second-order valence-corrected chi connectivity index (χ2v) is 5.50. The Balaban J connectivity index is 1.85. The number of ether oxygens (including phenoxy) is 2. The highest BCUT2D eigenvalue weighted by Crippen LogP contribution is 2.20. The number of carbonyl (C=O) groups is 1. The first-order valence-electron chi connectivity index (χ1n) is 7.14. The number of hydrogen-bond donors (Lipinski definition) is 1. The Morgan fingerprint density at radius 2 is 2.26 bits per heavy atom. The highest BCUT2D eigenvalue weighted by molar-refractivity contribution is 5.74. The third kappa shape index (κ3) is 4.04. The van der Waals surface area contributed by atoms with Crippen molar-refractivity contribution in [3.8, 4) is 0 Å². The SMILES string of the molecule is CC1CCCC(C)N(C(=O)NCC2=COCCO2)C1. The van der Waals surface area contributed by atoms with Crippen molar-refractivity contribution in [1.29, 1.82) is 0 Å². The van der Waals surface area contributed by atoms with Gasteiger partial charge >= 0.3 is 6.03 Å². The Labute approximate surface area is 114 Å². The van der Waals surface area contributed by atoms with E-state index < -0.39 is 0 Å². The zero-order valence-electron chi connectivity index (χ0n) is 11.9. The van der Waals surface area contributed by atoms with Gasteiger partial charge < -0.3 is 19.7 Å². The van der Waals surface area contributed by atoms with Gasteiger partial charge in [-0.3, -0.25) is 0 Å². The van der Waals surface area contributed by atoms with E-state index in [2.05, 4.69) is 19.2 Å².